The molecule has 0 saturated heterocycles. The fraction of sp³-hybridized carbons (Fsp3) is 0.417. The second-order valence-electron chi connectivity index (χ2n) is 4.07. The lowest BCUT2D eigenvalue weighted by Crippen LogP contribution is -2.18. The molecule has 2 N–H and O–H groups in total. The molecule has 0 unspecified atom stereocenters. The summed E-state index contributed by atoms with van der Waals surface area (Å²) < 4.78 is 10.8. The molecular weight excluding hydrogens is 206 g/mol. The van der Waals surface area contributed by atoms with Gasteiger partial charge in [-0.3, -0.25) is 4.79 Å². The number of ketones is 1. The van der Waals surface area contributed by atoms with Crippen molar-refractivity contribution in [2.45, 2.75) is 13.8 Å². The van der Waals surface area contributed by atoms with Gasteiger partial charge in [-0.2, -0.15) is 0 Å². The monoisotopic (exact) mass is 221 g/mol. The summed E-state index contributed by atoms with van der Waals surface area (Å²) in [6.45, 7) is 4.68. The molecule has 0 spiro atoms. The van der Waals surface area contributed by atoms with Gasteiger partial charge in [-0.25, -0.2) is 0 Å². The zero-order valence-electron chi connectivity index (χ0n) is 9.45. The minimum Gasteiger partial charge on any atom is -0.486 e. The van der Waals surface area contributed by atoms with E-state index in [0.717, 1.165) is 0 Å². The van der Waals surface area contributed by atoms with Crippen molar-refractivity contribution in [1.82, 2.24) is 0 Å². The Labute approximate surface area is 94.3 Å². The van der Waals surface area contributed by atoms with Crippen molar-refractivity contribution in [2.24, 2.45) is 5.92 Å². The van der Waals surface area contributed by atoms with Crippen molar-refractivity contribution in [2.75, 3.05) is 18.9 Å². The van der Waals surface area contributed by atoms with E-state index < -0.39 is 0 Å². The third-order valence-electron chi connectivity index (χ3n) is 2.54. The third-order valence-corrected chi connectivity index (χ3v) is 2.54. The summed E-state index contributed by atoms with van der Waals surface area (Å²) in [6.07, 6.45) is 0. The fourth-order valence-corrected chi connectivity index (χ4v) is 1.66. The zero-order chi connectivity index (χ0) is 11.7. The summed E-state index contributed by atoms with van der Waals surface area (Å²) in [5.41, 5.74) is 6.82. The second-order valence-corrected chi connectivity index (χ2v) is 4.07. The predicted octanol–water partition coefficient (Wildman–Crippen LogP) is 1.88. The van der Waals surface area contributed by atoms with E-state index in [0.29, 0.717) is 36.0 Å². The first kappa shape index (κ1) is 10.8. The van der Waals surface area contributed by atoms with Crippen LogP contribution in [-0.2, 0) is 0 Å². The average molecular weight is 221 g/mol. The van der Waals surface area contributed by atoms with E-state index in [9.17, 15) is 4.79 Å². The molecule has 0 saturated carbocycles. The molecule has 0 amide bonds. The Morgan fingerprint density at radius 2 is 2.00 bits per heavy atom. The van der Waals surface area contributed by atoms with E-state index in [1.54, 1.807) is 12.1 Å². The highest BCUT2D eigenvalue weighted by Gasteiger charge is 2.21. The molecule has 1 aromatic rings. The van der Waals surface area contributed by atoms with Crippen LogP contribution in [0.1, 0.15) is 24.2 Å². The maximum absolute atomic E-state index is 11.9. The van der Waals surface area contributed by atoms with Gasteiger partial charge in [0.2, 0.25) is 0 Å². The summed E-state index contributed by atoms with van der Waals surface area (Å²) in [5.74, 6) is 1.06. The van der Waals surface area contributed by atoms with Crippen LogP contribution in [0, 0.1) is 5.92 Å². The van der Waals surface area contributed by atoms with Gasteiger partial charge in [-0.1, -0.05) is 13.8 Å². The lowest BCUT2D eigenvalue weighted by atomic mass is 9.99. The molecule has 1 heterocycles. The normalized spacial score (nSPS) is 13.9. The van der Waals surface area contributed by atoms with Gasteiger partial charge in [-0.15, -0.1) is 0 Å². The fourth-order valence-electron chi connectivity index (χ4n) is 1.66. The first-order chi connectivity index (χ1) is 7.61. The van der Waals surface area contributed by atoms with Crippen LogP contribution in [-0.4, -0.2) is 19.0 Å². The Morgan fingerprint density at radius 3 is 2.69 bits per heavy atom. The molecule has 16 heavy (non-hydrogen) atoms. The lowest BCUT2D eigenvalue weighted by Gasteiger charge is -2.21. The molecule has 1 aliphatic rings. The van der Waals surface area contributed by atoms with E-state index in [4.69, 9.17) is 15.2 Å². The summed E-state index contributed by atoms with van der Waals surface area (Å²) >= 11 is 0. The number of ether oxygens (including phenoxy) is 2. The number of nitrogens with two attached hydrogens (primary N) is 1. The van der Waals surface area contributed by atoms with E-state index >= 15 is 0 Å². The SMILES string of the molecule is CC(C)C(=O)c1ccc2c(c1N)OCCO2. The molecule has 0 radical (unpaired) electrons. The molecule has 0 bridgehead atoms. The lowest BCUT2D eigenvalue weighted by molar-refractivity contribution is 0.0939. The largest absolute Gasteiger partial charge is 0.486 e. The Morgan fingerprint density at radius 1 is 1.31 bits per heavy atom. The second kappa shape index (κ2) is 4.04. The van der Waals surface area contributed by atoms with Gasteiger partial charge >= 0.3 is 0 Å². The van der Waals surface area contributed by atoms with E-state index in [1.807, 2.05) is 13.8 Å². The van der Waals surface area contributed by atoms with Crippen LogP contribution >= 0.6 is 0 Å². The van der Waals surface area contributed by atoms with Gasteiger partial charge in [-0.05, 0) is 12.1 Å². The maximum Gasteiger partial charge on any atom is 0.184 e. The van der Waals surface area contributed by atoms with Crippen molar-refractivity contribution >= 4 is 11.5 Å². The van der Waals surface area contributed by atoms with Crippen molar-refractivity contribution in [3.63, 3.8) is 0 Å². The Bertz CT molecular complexity index is 427. The standard InChI is InChI=1S/C12H15NO3/c1-7(2)11(14)8-3-4-9-12(10(8)13)16-6-5-15-9/h3-4,7H,5-6,13H2,1-2H3. The molecular formula is C12H15NO3. The number of hydrogen-bond acceptors (Lipinski definition) is 4. The maximum atomic E-state index is 11.9. The molecule has 1 aromatic carbocycles. The summed E-state index contributed by atoms with van der Waals surface area (Å²) in [4.78, 5) is 11.9. The van der Waals surface area contributed by atoms with Gasteiger partial charge in [0.25, 0.3) is 0 Å². The Hall–Kier alpha value is -1.71. The molecule has 2 rings (SSSR count). The number of carbonyl (C=O) groups is 1. The molecule has 0 fully saturated rings. The highest BCUT2D eigenvalue weighted by molar-refractivity contribution is 6.03. The number of benzene rings is 1. The average Bonchev–Trinajstić information content (AvgIpc) is 2.29. The minimum atomic E-state index is -0.0788. The topological polar surface area (TPSA) is 61.6 Å². The molecule has 4 nitrogen and oxygen atoms in total. The summed E-state index contributed by atoms with van der Waals surface area (Å²) in [5, 5.41) is 0. The number of fused-ring (bicyclic) bond motifs is 1. The van der Waals surface area contributed by atoms with Gasteiger partial charge < -0.3 is 15.2 Å². The zero-order valence-corrected chi connectivity index (χ0v) is 9.45. The Balaban J connectivity index is 2.45. The van der Waals surface area contributed by atoms with Crippen LogP contribution in [0.4, 0.5) is 5.69 Å². The molecule has 86 valence electrons. The van der Waals surface area contributed by atoms with Crippen LogP contribution in [0.3, 0.4) is 0 Å². The highest BCUT2D eigenvalue weighted by atomic mass is 16.6. The molecule has 0 aliphatic carbocycles. The number of rotatable bonds is 2. The van der Waals surface area contributed by atoms with Crippen LogP contribution in [0.2, 0.25) is 0 Å². The number of anilines is 1. The third kappa shape index (κ3) is 1.71. The van der Waals surface area contributed by atoms with Crippen molar-refractivity contribution in [3.05, 3.63) is 17.7 Å². The first-order valence-electron chi connectivity index (χ1n) is 5.33. The van der Waals surface area contributed by atoms with Crippen molar-refractivity contribution in [3.8, 4) is 11.5 Å². The molecule has 4 heteroatoms. The minimum absolute atomic E-state index is 0.0227. The number of carbonyl (C=O) groups excluding carboxylic acids is 1. The van der Waals surface area contributed by atoms with E-state index in [2.05, 4.69) is 0 Å². The predicted molar refractivity (Wildman–Crippen MR) is 61.0 cm³/mol. The van der Waals surface area contributed by atoms with Crippen LogP contribution < -0.4 is 15.2 Å². The molecule has 0 aromatic heterocycles. The first-order valence-corrected chi connectivity index (χ1v) is 5.33. The van der Waals surface area contributed by atoms with Crippen LogP contribution in [0.5, 0.6) is 11.5 Å². The van der Waals surface area contributed by atoms with Gasteiger partial charge in [0, 0.05) is 11.5 Å². The molecule has 1 aliphatic heterocycles. The van der Waals surface area contributed by atoms with Crippen molar-refractivity contribution < 1.29 is 14.3 Å². The smallest absolute Gasteiger partial charge is 0.184 e. The van der Waals surface area contributed by atoms with Crippen molar-refractivity contribution in [1.29, 1.82) is 0 Å². The van der Waals surface area contributed by atoms with E-state index in [-0.39, 0.29) is 11.7 Å². The van der Waals surface area contributed by atoms with Gasteiger partial charge in [0.1, 0.15) is 13.2 Å². The quantitative estimate of drug-likeness (QED) is 0.611. The van der Waals surface area contributed by atoms with Crippen LogP contribution in [0.15, 0.2) is 12.1 Å². The van der Waals surface area contributed by atoms with E-state index in [1.165, 1.54) is 0 Å². The molecule has 0 atom stereocenters. The number of hydrogen-bond donors (Lipinski definition) is 1. The van der Waals surface area contributed by atoms with Gasteiger partial charge in [0.15, 0.2) is 17.3 Å². The summed E-state index contributed by atoms with van der Waals surface area (Å²) in [7, 11) is 0. The summed E-state index contributed by atoms with van der Waals surface area (Å²) in [6, 6.07) is 3.44. The van der Waals surface area contributed by atoms with Gasteiger partial charge in [0.05, 0.1) is 5.69 Å². The number of nitrogen functional groups attached to an aromatic ring is 1. The highest BCUT2D eigenvalue weighted by Crippen LogP contribution is 2.38. The number of Topliss-reactive ketones (excluding diaryl/α,β-unsaturated/α-hetero) is 1. The van der Waals surface area contributed by atoms with Crippen LogP contribution in [0.25, 0.3) is 0 Å². The Kier molecular flexibility index (Phi) is 2.73.